The lowest BCUT2D eigenvalue weighted by Gasteiger charge is -2.34. The largest absolute Gasteiger partial charge is 0.335 e. The summed E-state index contributed by atoms with van der Waals surface area (Å²) in [5.41, 5.74) is 0.611. The van der Waals surface area contributed by atoms with E-state index >= 15 is 0 Å². The lowest BCUT2D eigenvalue weighted by atomic mass is 10.2. The zero-order valence-corrected chi connectivity index (χ0v) is 16.4. The van der Waals surface area contributed by atoms with Crippen molar-refractivity contribution in [3.8, 4) is 0 Å². The minimum Gasteiger partial charge on any atom is -0.335 e. The van der Waals surface area contributed by atoms with Gasteiger partial charge in [0.25, 0.3) is 11.5 Å². The van der Waals surface area contributed by atoms with Gasteiger partial charge in [0, 0.05) is 38.8 Å². The van der Waals surface area contributed by atoms with Gasteiger partial charge in [-0.25, -0.2) is 4.68 Å². The fourth-order valence-corrected chi connectivity index (χ4v) is 3.20. The molecule has 8 nitrogen and oxygen atoms in total. The molecule has 1 N–H and O–H groups in total. The van der Waals surface area contributed by atoms with Crippen LogP contribution in [-0.2, 0) is 11.3 Å². The number of nitrogens with one attached hydrogen (secondary N) is 1. The minimum atomic E-state index is -0.228. The maximum absolute atomic E-state index is 12.6. The van der Waals surface area contributed by atoms with Crippen molar-refractivity contribution in [2.75, 3.05) is 38.0 Å². The van der Waals surface area contributed by atoms with Gasteiger partial charge in [-0.1, -0.05) is 23.7 Å². The number of aryl methyl sites for hydroxylation is 1. The van der Waals surface area contributed by atoms with Crippen LogP contribution in [0.15, 0.2) is 41.2 Å². The Hall–Kier alpha value is -2.71. The second-order valence-corrected chi connectivity index (χ2v) is 6.88. The van der Waals surface area contributed by atoms with E-state index in [1.54, 1.807) is 30.0 Å². The number of hydrogen-bond acceptors (Lipinski definition) is 5. The molecule has 0 saturated carbocycles. The molecule has 0 unspecified atom stereocenters. The van der Waals surface area contributed by atoms with Crippen LogP contribution in [0.25, 0.3) is 0 Å². The van der Waals surface area contributed by atoms with E-state index in [0.29, 0.717) is 43.4 Å². The van der Waals surface area contributed by atoms with E-state index < -0.39 is 0 Å². The predicted molar refractivity (Wildman–Crippen MR) is 107 cm³/mol. The number of carbonyl (C=O) groups is 2. The fourth-order valence-electron chi connectivity index (χ4n) is 3.02. The SMILES string of the molecule is CCn1nc(C(=O)N2CCN(CC(=O)Nc3ccccc3Cl)CC2)ccc1=O. The van der Waals surface area contributed by atoms with E-state index in [-0.39, 0.29) is 29.6 Å². The third kappa shape index (κ3) is 4.76. The van der Waals surface area contributed by atoms with Gasteiger partial charge in [0.1, 0.15) is 5.69 Å². The Morgan fingerprint density at radius 3 is 2.50 bits per heavy atom. The number of nitrogens with zero attached hydrogens (tertiary/aromatic N) is 4. The third-order valence-electron chi connectivity index (χ3n) is 4.56. The van der Waals surface area contributed by atoms with Gasteiger partial charge >= 0.3 is 0 Å². The van der Waals surface area contributed by atoms with Crippen LogP contribution in [-0.4, -0.2) is 64.1 Å². The number of piperazine rings is 1. The average Bonchev–Trinajstić information content (AvgIpc) is 2.70. The number of para-hydroxylation sites is 1. The Bertz CT molecular complexity index is 922. The Morgan fingerprint density at radius 1 is 1.11 bits per heavy atom. The van der Waals surface area contributed by atoms with Gasteiger partial charge in [0.05, 0.1) is 17.3 Å². The Balaban J connectivity index is 1.53. The Labute approximate surface area is 167 Å². The van der Waals surface area contributed by atoms with E-state index in [9.17, 15) is 14.4 Å². The third-order valence-corrected chi connectivity index (χ3v) is 4.89. The van der Waals surface area contributed by atoms with Crippen molar-refractivity contribution >= 4 is 29.1 Å². The number of halogens is 1. The van der Waals surface area contributed by atoms with Crippen molar-refractivity contribution < 1.29 is 9.59 Å². The van der Waals surface area contributed by atoms with E-state index in [2.05, 4.69) is 10.4 Å². The summed E-state index contributed by atoms with van der Waals surface area (Å²) in [4.78, 5) is 40.2. The molecule has 0 bridgehead atoms. The van der Waals surface area contributed by atoms with Crippen molar-refractivity contribution in [2.45, 2.75) is 13.5 Å². The molecule has 0 radical (unpaired) electrons. The van der Waals surface area contributed by atoms with Crippen LogP contribution in [0.1, 0.15) is 17.4 Å². The smallest absolute Gasteiger partial charge is 0.274 e. The number of aromatic nitrogens is 2. The molecule has 1 saturated heterocycles. The fraction of sp³-hybridized carbons (Fsp3) is 0.368. The average molecular weight is 404 g/mol. The minimum absolute atomic E-state index is 0.149. The molecule has 1 aromatic heterocycles. The van der Waals surface area contributed by atoms with E-state index in [1.807, 2.05) is 11.0 Å². The summed E-state index contributed by atoms with van der Waals surface area (Å²) in [5.74, 6) is -0.355. The number of rotatable bonds is 5. The van der Waals surface area contributed by atoms with Crippen LogP contribution in [0, 0.1) is 0 Å². The van der Waals surface area contributed by atoms with Crippen molar-refractivity contribution in [3.05, 3.63) is 57.5 Å². The number of amides is 2. The zero-order chi connectivity index (χ0) is 20.1. The highest BCUT2D eigenvalue weighted by Gasteiger charge is 2.24. The molecular weight excluding hydrogens is 382 g/mol. The molecule has 0 aliphatic carbocycles. The van der Waals surface area contributed by atoms with Crippen molar-refractivity contribution in [2.24, 2.45) is 0 Å². The monoisotopic (exact) mass is 403 g/mol. The van der Waals surface area contributed by atoms with E-state index in [1.165, 1.54) is 16.8 Å². The highest BCUT2D eigenvalue weighted by atomic mass is 35.5. The van der Waals surface area contributed by atoms with Gasteiger partial charge in [-0.3, -0.25) is 19.3 Å². The molecule has 28 heavy (non-hydrogen) atoms. The van der Waals surface area contributed by atoms with Crippen LogP contribution in [0.2, 0.25) is 5.02 Å². The summed E-state index contributed by atoms with van der Waals surface area (Å²) < 4.78 is 1.27. The summed E-state index contributed by atoms with van der Waals surface area (Å²) in [6, 6.07) is 9.90. The quantitative estimate of drug-likeness (QED) is 0.813. The lowest BCUT2D eigenvalue weighted by molar-refractivity contribution is -0.117. The van der Waals surface area contributed by atoms with Gasteiger partial charge in [-0.05, 0) is 25.1 Å². The first-order valence-corrected chi connectivity index (χ1v) is 9.50. The summed E-state index contributed by atoms with van der Waals surface area (Å²) in [7, 11) is 0. The Kier molecular flexibility index (Phi) is 6.43. The summed E-state index contributed by atoms with van der Waals surface area (Å²) in [5, 5.41) is 7.40. The molecular formula is C19H22ClN5O3. The maximum atomic E-state index is 12.6. The zero-order valence-electron chi connectivity index (χ0n) is 15.6. The Morgan fingerprint density at radius 2 is 1.82 bits per heavy atom. The van der Waals surface area contributed by atoms with Gasteiger partial charge < -0.3 is 10.2 Å². The van der Waals surface area contributed by atoms with E-state index in [0.717, 1.165) is 0 Å². The second kappa shape index (κ2) is 8.99. The summed E-state index contributed by atoms with van der Waals surface area (Å²) >= 11 is 6.05. The second-order valence-electron chi connectivity index (χ2n) is 6.47. The van der Waals surface area contributed by atoms with Crippen LogP contribution in [0.5, 0.6) is 0 Å². The predicted octanol–water partition coefficient (Wildman–Crippen LogP) is 1.31. The topological polar surface area (TPSA) is 87.5 Å². The lowest BCUT2D eigenvalue weighted by Crippen LogP contribution is -2.50. The molecule has 1 aromatic carbocycles. The standard InChI is InChI=1S/C19H22ClN5O3/c1-2-25-18(27)8-7-16(22-25)19(28)24-11-9-23(10-12-24)13-17(26)21-15-6-4-3-5-14(15)20/h3-8H,2,9-13H2,1H3,(H,21,26). The summed E-state index contributed by atoms with van der Waals surface area (Å²) in [6.45, 7) is 4.58. The number of benzene rings is 1. The first-order chi connectivity index (χ1) is 13.5. The first-order valence-electron chi connectivity index (χ1n) is 9.12. The molecule has 9 heteroatoms. The van der Waals surface area contributed by atoms with Crippen molar-refractivity contribution in [3.63, 3.8) is 0 Å². The van der Waals surface area contributed by atoms with Crippen LogP contribution >= 0.6 is 11.6 Å². The van der Waals surface area contributed by atoms with Crippen LogP contribution < -0.4 is 10.9 Å². The molecule has 1 aliphatic rings. The highest BCUT2D eigenvalue weighted by molar-refractivity contribution is 6.33. The molecule has 0 atom stereocenters. The highest BCUT2D eigenvalue weighted by Crippen LogP contribution is 2.20. The molecule has 2 amide bonds. The van der Waals surface area contributed by atoms with Gasteiger partial charge in [0.2, 0.25) is 5.91 Å². The van der Waals surface area contributed by atoms with Crippen molar-refractivity contribution in [1.29, 1.82) is 0 Å². The molecule has 1 fully saturated rings. The number of hydrogen-bond donors (Lipinski definition) is 1. The number of anilines is 1. The molecule has 2 aromatic rings. The number of carbonyl (C=O) groups excluding carboxylic acids is 2. The molecule has 148 valence electrons. The summed E-state index contributed by atoms with van der Waals surface area (Å²) in [6.07, 6.45) is 0. The van der Waals surface area contributed by atoms with Gasteiger partial charge in [-0.15, -0.1) is 0 Å². The van der Waals surface area contributed by atoms with E-state index in [4.69, 9.17) is 11.6 Å². The van der Waals surface area contributed by atoms with Gasteiger partial charge in [-0.2, -0.15) is 5.10 Å². The molecule has 2 heterocycles. The first kappa shape index (κ1) is 20.0. The maximum Gasteiger partial charge on any atom is 0.274 e. The van der Waals surface area contributed by atoms with Crippen LogP contribution in [0.4, 0.5) is 5.69 Å². The molecule has 3 rings (SSSR count). The molecule has 0 spiro atoms. The normalized spacial score (nSPS) is 14.7. The van der Waals surface area contributed by atoms with Crippen LogP contribution in [0.3, 0.4) is 0 Å². The van der Waals surface area contributed by atoms with Crippen molar-refractivity contribution in [1.82, 2.24) is 19.6 Å². The molecule has 1 aliphatic heterocycles. The van der Waals surface area contributed by atoms with Gasteiger partial charge in [0.15, 0.2) is 0 Å².